The molecule has 0 saturated carbocycles. The second kappa shape index (κ2) is 7.17. The van der Waals surface area contributed by atoms with Crippen molar-refractivity contribution in [2.75, 3.05) is 23.3 Å². The topological polar surface area (TPSA) is 32.3 Å². The maximum absolute atomic E-state index is 12.7. The van der Waals surface area contributed by atoms with Crippen LogP contribution in [0.15, 0.2) is 48.5 Å². The Bertz CT molecular complexity index is 758. The van der Waals surface area contributed by atoms with Gasteiger partial charge in [0.15, 0.2) is 0 Å². The molecule has 1 aliphatic heterocycles. The summed E-state index contributed by atoms with van der Waals surface area (Å²) in [7, 11) is 0. The van der Waals surface area contributed by atoms with Crippen molar-refractivity contribution >= 4 is 17.3 Å². The number of hydrogen-bond acceptors (Lipinski definition) is 2. The van der Waals surface area contributed by atoms with Crippen molar-refractivity contribution in [2.24, 2.45) is 0 Å². The number of rotatable bonds is 4. The predicted octanol–water partition coefficient (Wildman–Crippen LogP) is 4.49. The fourth-order valence-electron chi connectivity index (χ4n) is 3.05. The lowest BCUT2D eigenvalue weighted by Crippen LogP contribution is -2.36. The van der Waals surface area contributed by atoms with Gasteiger partial charge in [-0.15, -0.1) is 0 Å². The molecule has 1 heterocycles. The molecule has 0 aliphatic carbocycles. The van der Waals surface area contributed by atoms with Gasteiger partial charge >= 0.3 is 6.18 Å². The first-order chi connectivity index (χ1) is 11.9. The van der Waals surface area contributed by atoms with Gasteiger partial charge in [-0.25, -0.2) is 0 Å². The van der Waals surface area contributed by atoms with Crippen LogP contribution < -0.4 is 10.2 Å². The first-order valence-corrected chi connectivity index (χ1v) is 8.24. The first-order valence-electron chi connectivity index (χ1n) is 8.24. The number of nitrogens with one attached hydrogen (secondary N) is 1. The highest BCUT2D eigenvalue weighted by atomic mass is 19.4. The third-order valence-corrected chi connectivity index (χ3v) is 4.27. The number of alkyl halides is 3. The van der Waals surface area contributed by atoms with Crippen molar-refractivity contribution in [2.45, 2.75) is 25.4 Å². The summed E-state index contributed by atoms with van der Waals surface area (Å²) in [5, 5.41) is 2.90. The van der Waals surface area contributed by atoms with Gasteiger partial charge in [0, 0.05) is 30.9 Å². The van der Waals surface area contributed by atoms with E-state index < -0.39 is 11.7 Å². The van der Waals surface area contributed by atoms with Crippen LogP contribution in [0, 0.1) is 0 Å². The third-order valence-electron chi connectivity index (χ3n) is 4.27. The number of halogens is 3. The molecule has 3 nitrogen and oxygen atoms in total. The number of carbonyl (C=O) groups excluding carboxylic acids is 1. The van der Waals surface area contributed by atoms with E-state index in [1.807, 2.05) is 24.3 Å². The third kappa shape index (κ3) is 4.13. The van der Waals surface area contributed by atoms with Crippen molar-refractivity contribution in [1.29, 1.82) is 0 Å². The van der Waals surface area contributed by atoms with Crippen molar-refractivity contribution < 1.29 is 18.0 Å². The van der Waals surface area contributed by atoms with Crippen LogP contribution in [0.3, 0.4) is 0 Å². The van der Waals surface area contributed by atoms with Crippen molar-refractivity contribution in [1.82, 2.24) is 0 Å². The Morgan fingerprint density at radius 1 is 1.12 bits per heavy atom. The Hall–Kier alpha value is -2.50. The van der Waals surface area contributed by atoms with E-state index >= 15 is 0 Å². The molecule has 0 fully saturated rings. The van der Waals surface area contributed by atoms with Gasteiger partial charge in [-0.2, -0.15) is 13.2 Å². The van der Waals surface area contributed by atoms with Gasteiger partial charge < -0.3 is 10.2 Å². The molecule has 1 aliphatic rings. The van der Waals surface area contributed by atoms with Crippen LogP contribution in [-0.2, 0) is 17.4 Å². The highest BCUT2D eigenvalue weighted by molar-refractivity contribution is 5.94. The van der Waals surface area contributed by atoms with Crippen LogP contribution in [0.25, 0.3) is 0 Å². The second-order valence-corrected chi connectivity index (χ2v) is 6.03. The Morgan fingerprint density at radius 3 is 2.72 bits per heavy atom. The summed E-state index contributed by atoms with van der Waals surface area (Å²) in [4.78, 5) is 14.3. The van der Waals surface area contributed by atoms with Gasteiger partial charge in [0.05, 0.1) is 5.56 Å². The molecule has 0 atom stereocenters. The maximum atomic E-state index is 12.7. The number of fused-ring (bicyclic) bond motifs is 1. The Balaban J connectivity index is 1.59. The number of anilines is 2. The minimum Gasteiger partial charge on any atom is -0.385 e. The molecule has 0 unspecified atom stereocenters. The number of carbonyl (C=O) groups is 1. The molecule has 0 bridgehead atoms. The monoisotopic (exact) mass is 348 g/mol. The zero-order chi connectivity index (χ0) is 17.9. The largest absolute Gasteiger partial charge is 0.416 e. The molecule has 2 aromatic rings. The highest BCUT2D eigenvalue weighted by Crippen LogP contribution is 2.31. The molecule has 1 amide bonds. The molecule has 132 valence electrons. The van der Waals surface area contributed by atoms with E-state index in [9.17, 15) is 18.0 Å². The second-order valence-electron chi connectivity index (χ2n) is 6.03. The van der Waals surface area contributed by atoms with Crippen LogP contribution in [0.2, 0.25) is 0 Å². The lowest BCUT2D eigenvalue weighted by molar-refractivity contribution is -0.137. The van der Waals surface area contributed by atoms with E-state index in [1.54, 1.807) is 11.0 Å². The molecule has 6 heteroatoms. The minimum absolute atomic E-state index is 0.0216. The fourth-order valence-corrected chi connectivity index (χ4v) is 3.05. The molecular formula is C19H19F3N2O. The van der Waals surface area contributed by atoms with Gasteiger partial charge in [-0.05, 0) is 42.7 Å². The Morgan fingerprint density at radius 2 is 1.92 bits per heavy atom. The standard InChI is InChI=1S/C19H19F3N2O/c20-19(21,22)15-7-3-8-16(13-15)23-11-10-18(25)24-12-4-6-14-5-1-2-9-17(14)24/h1-3,5,7-9,13,23H,4,6,10-12H2. The average molecular weight is 348 g/mol. The summed E-state index contributed by atoms with van der Waals surface area (Å²) >= 11 is 0. The highest BCUT2D eigenvalue weighted by Gasteiger charge is 2.30. The van der Waals surface area contributed by atoms with E-state index in [4.69, 9.17) is 0 Å². The average Bonchev–Trinajstić information content (AvgIpc) is 2.60. The molecule has 0 aromatic heterocycles. The number of amides is 1. The Kier molecular flexibility index (Phi) is 4.97. The van der Waals surface area contributed by atoms with Gasteiger partial charge in [0.25, 0.3) is 0 Å². The summed E-state index contributed by atoms with van der Waals surface area (Å²) in [6.07, 6.45) is -2.26. The summed E-state index contributed by atoms with van der Waals surface area (Å²) in [5.74, 6) is -0.0216. The van der Waals surface area contributed by atoms with Crippen LogP contribution in [-0.4, -0.2) is 19.0 Å². The van der Waals surface area contributed by atoms with Crippen LogP contribution >= 0.6 is 0 Å². The molecule has 0 radical (unpaired) electrons. The quantitative estimate of drug-likeness (QED) is 0.883. The molecule has 3 rings (SSSR count). The molecule has 25 heavy (non-hydrogen) atoms. The first kappa shape index (κ1) is 17.3. The van der Waals surface area contributed by atoms with E-state index in [1.165, 1.54) is 6.07 Å². The summed E-state index contributed by atoms with van der Waals surface area (Å²) in [5.41, 5.74) is 1.77. The number of nitrogens with zero attached hydrogens (tertiary/aromatic N) is 1. The van der Waals surface area contributed by atoms with E-state index in [2.05, 4.69) is 5.32 Å². The number of para-hydroxylation sites is 1. The normalized spacial score (nSPS) is 14.1. The molecular weight excluding hydrogens is 329 g/mol. The minimum atomic E-state index is -4.37. The fraction of sp³-hybridized carbons (Fsp3) is 0.316. The van der Waals surface area contributed by atoms with Crippen LogP contribution in [0.1, 0.15) is 24.0 Å². The van der Waals surface area contributed by atoms with Crippen molar-refractivity contribution in [3.8, 4) is 0 Å². The van der Waals surface area contributed by atoms with Gasteiger partial charge in [0.1, 0.15) is 0 Å². The summed E-state index contributed by atoms with van der Waals surface area (Å²) in [6.45, 7) is 0.970. The number of aryl methyl sites for hydroxylation is 1. The molecule has 0 spiro atoms. The molecule has 2 aromatic carbocycles. The van der Waals surface area contributed by atoms with Crippen molar-refractivity contribution in [3.63, 3.8) is 0 Å². The zero-order valence-corrected chi connectivity index (χ0v) is 13.6. The van der Waals surface area contributed by atoms with Gasteiger partial charge in [-0.3, -0.25) is 4.79 Å². The van der Waals surface area contributed by atoms with E-state index in [-0.39, 0.29) is 12.3 Å². The van der Waals surface area contributed by atoms with Crippen LogP contribution in [0.4, 0.5) is 24.5 Å². The molecule has 1 N–H and O–H groups in total. The summed E-state index contributed by atoms with van der Waals surface area (Å²) in [6, 6.07) is 12.8. The molecule has 0 saturated heterocycles. The van der Waals surface area contributed by atoms with Gasteiger partial charge in [0.2, 0.25) is 5.91 Å². The number of hydrogen-bond donors (Lipinski definition) is 1. The summed E-state index contributed by atoms with van der Waals surface area (Å²) < 4.78 is 38.1. The predicted molar refractivity (Wildman–Crippen MR) is 91.7 cm³/mol. The van der Waals surface area contributed by atoms with E-state index in [0.717, 1.165) is 36.2 Å². The lowest BCUT2D eigenvalue weighted by atomic mass is 10.0. The van der Waals surface area contributed by atoms with E-state index in [0.29, 0.717) is 18.8 Å². The zero-order valence-electron chi connectivity index (χ0n) is 13.6. The van der Waals surface area contributed by atoms with Gasteiger partial charge in [-0.1, -0.05) is 24.3 Å². The smallest absolute Gasteiger partial charge is 0.385 e. The lowest BCUT2D eigenvalue weighted by Gasteiger charge is -2.29. The Labute approximate surface area is 144 Å². The maximum Gasteiger partial charge on any atom is 0.416 e. The van der Waals surface area contributed by atoms with Crippen LogP contribution in [0.5, 0.6) is 0 Å². The number of benzene rings is 2. The van der Waals surface area contributed by atoms with Crippen molar-refractivity contribution in [3.05, 3.63) is 59.7 Å². The SMILES string of the molecule is O=C(CCNc1cccc(C(F)(F)F)c1)N1CCCc2ccccc21.